The summed E-state index contributed by atoms with van der Waals surface area (Å²) in [5.41, 5.74) is 0.238. The number of halogens is 2. The minimum absolute atomic E-state index is 0.0181. The van der Waals surface area contributed by atoms with Gasteiger partial charge in [-0.1, -0.05) is 12.1 Å². The summed E-state index contributed by atoms with van der Waals surface area (Å²) in [6, 6.07) is 9.85. The number of rotatable bonds is 3. The molecular weight excluding hydrogens is 342 g/mol. The first kappa shape index (κ1) is 17.8. The Balaban J connectivity index is 1.65. The van der Waals surface area contributed by atoms with Crippen molar-refractivity contribution >= 4 is 11.8 Å². The summed E-state index contributed by atoms with van der Waals surface area (Å²) in [6.45, 7) is 1.18. The lowest BCUT2D eigenvalue weighted by molar-refractivity contribution is 0.0532. The van der Waals surface area contributed by atoms with E-state index >= 15 is 0 Å². The first-order valence-electron chi connectivity index (χ1n) is 8.18. The van der Waals surface area contributed by atoms with Gasteiger partial charge in [0.05, 0.1) is 12.7 Å². The van der Waals surface area contributed by atoms with Gasteiger partial charge in [0, 0.05) is 31.7 Å². The first-order chi connectivity index (χ1) is 12.5. The average Bonchev–Trinajstić information content (AvgIpc) is 2.67. The average molecular weight is 360 g/mol. The second-order valence-corrected chi connectivity index (χ2v) is 5.91. The molecule has 2 amide bonds. The van der Waals surface area contributed by atoms with E-state index in [-0.39, 0.29) is 35.9 Å². The van der Waals surface area contributed by atoms with Gasteiger partial charge in [0.1, 0.15) is 5.82 Å². The highest BCUT2D eigenvalue weighted by atomic mass is 19.1. The number of ether oxygens (including phenoxy) is 1. The third kappa shape index (κ3) is 3.51. The van der Waals surface area contributed by atoms with Crippen LogP contribution >= 0.6 is 0 Å². The molecule has 1 aliphatic rings. The van der Waals surface area contributed by atoms with Crippen LogP contribution in [0.4, 0.5) is 8.78 Å². The van der Waals surface area contributed by atoms with E-state index in [1.807, 2.05) is 0 Å². The molecule has 136 valence electrons. The predicted octanol–water partition coefficient (Wildman–Crippen LogP) is 2.57. The molecule has 26 heavy (non-hydrogen) atoms. The maximum atomic E-state index is 13.8. The fraction of sp³-hybridized carbons (Fsp3) is 0.263. The van der Waals surface area contributed by atoms with E-state index in [0.29, 0.717) is 13.1 Å². The summed E-state index contributed by atoms with van der Waals surface area (Å²) in [5.74, 6) is -1.81. The summed E-state index contributed by atoms with van der Waals surface area (Å²) in [7, 11) is 1.35. The topological polar surface area (TPSA) is 49.9 Å². The third-order valence-electron chi connectivity index (χ3n) is 4.36. The standard InChI is InChI=1S/C19H18F2N2O3/c1-26-17-7-6-13(12-16(17)21)18(24)22-8-10-23(11-9-22)19(25)14-4-2-3-5-15(14)20/h2-7,12H,8-11H2,1H3. The zero-order chi connectivity index (χ0) is 18.7. The van der Waals surface area contributed by atoms with Crippen LogP contribution in [0, 0.1) is 11.6 Å². The summed E-state index contributed by atoms with van der Waals surface area (Å²) >= 11 is 0. The quantitative estimate of drug-likeness (QED) is 0.845. The van der Waals surface area contributed by atoms with Gasteiger partial charge < -0.3 is 14.5 Å². The van der Waals surface area contributed by atoms with Crippen molar-refractivity contribution in [2.75, 3.05) is 33.3 Å². The minimum atomic E-state index is -0.605. The van der Waals surface area contributed by atoms with Crippen LogP contribution in [0.1, 0.15) is 20.7 Å². The number of amides is 2. The molecule has 5 nitrogen and oxygen atoms in total. The van der Waals surface area contributed by atoms with Gasteiger partial charge in [-0.05, 0) is 30.3 Å². The Morgan fingerprint density at radius 1 is 0.885 bits per heavy atom. The molecule has 0 aliphatic carbocycles. The molecule has 1 saturated heterocycles. The zero-order valence-electron chi connectivity index (χ0n) is 14.2. The van der Waals surface area contributed by atoms with Crippen LogP contribution in [0.15, 0.2) is 42.5 Å². The Bertz CT molecular complexity index is 833. The van der Waals surface area contributed by atoms with Crippen LogP contribution in [-0.4, -0.2) is 54.9 Å². The summed E-state index contributed by atoms with van der Waals surface area (Å²) in [6.07, 6.45) is 0. The molecule has 1 heterocycles. The second-order valence-electron chi connectivity index (χ2n) is 5.91. The van der Waals surface area contributed by atoms with Crippen molar-refractivity contribution in [2.45, 2.75) is 0 Å². The Labute approximate surface area is 149 Å². The van der Waals surface area contributed by atoms with Crippen LogP contribution in [0.3, 0.4) is 0 Å². The number of piperazine rings is 1. The van der Waals surface area contributed by atoms with Gasteiger partial charge in [0.25, 0.3) is 11.8 Å². The van der Waals surface area contributed by atoms with Crippen LogP contribution in [0.5, 0.6) is 5.75 Å². The van der Waals surface area contributed by atoms with E-state index < -0.39 is 17.5 Å². The third-order valence-corrected chi connectivity index (χ3v) is 4.36. The van der Waals surface area contributed by atoms with Crippen LogP contribution in [-0.2, 0) is 0 Å². The zero-order valence-corrected chi connectivity index (χ0v) is 14.2. The number of hydrogen-bond donors (Lipinski definition) is 0. The number of carbonyl (C=O) groups excluding carboxylic acids is 2. The second kappa shape index (κ2) is 7.51. The van der Waals surface area contributed by atoms with Gasteiger partial charge in [-0.15, -0.1) is 0 Å². The highest BCUT2D eigenvalue weighted by Gasteiger charge is 2.27. The van der Waals surface area contributed by atoms with Crippen molar-refractivity contribution in [2.24, 2.45) is 0 Å². The summed E-state index contributed by atoms with van der Waals surface area (Å²) in [5, 5.41) is 0. The Hall–Kier alpha value is -2.96. The molecule has 0 radical (unpaired) electrons. The molecule has 2 aromatic carbocycles. The van der Waals surface area contributed by atoms with Crippen molar-refractivity contribution < 1.29 is 23.1 Å². The van der Waals surface area contributed by atoms with E-state index in [9.17, 15) is 18.4 Å². The highest BCUT2D eigenvalue weighted by molar-refractivity contribution is 5.96. The fourth-order valence-electron chi connectivity index (χ4n) is 2.90. The van der Waals surface area contributed by atoms with Crippen molar-refractivity contribution in [1.29, 1.82) is 0 Å². The van der Waals surface area contributed by atoms with Crippen LogP contribution in [0.2, 0.25) is 0 Å². The van der Waals surface area contributed by atoms with E-state index in [2.05, 4.69) is 0 Å². The Kier molecular flexibility index (Phi) is 5.16. The number of nitrogens with zero attached hydrogens (tertiary/aromatic N) is 2. The molecule has 7 heteroatoms. The molecule has 2 aromatic rings. The first-order valence-corrected chi connectivity index (χ1v) is 8.18. The molecule has 0 atom stereocenters. The van der Waals surface area contributed by atoms with E-state index in [4.69, 9.17) is 4.74 Å². The van der Waals surface area contributed by atoms with Crippen LogP contribution in [0.25, 0.3) is 0 Å². The summed E-state index contributed by atoms with van der Waals surface area (Å²) < 4.78 is 32.4. The van der Waals surface area contributed by atoms with Crippen molar-refractivity contribution in [3.8, 4) is 5.75 Å². The molecule has 0 spiro atoms. The molecule has 1 aliphatic heterocycles. The number of carbonyl (C=O) groups is 2. The predicted molar refractivity (Wildman–Crippen MR) is 91.2 cm³/mol. The van der Waals surface area contributed by atoms with Crippen molar-refractivity contribution in [3.05, 3.63) is 65.2 Å². The smallest absolute Gasteiger partial charge is 0.256 e. The number of benzene rings is 2. The highest BCUT2D eigenvalue weighted by Crippen LogP contribution is 2.19. The maximum absolute atomic E-state index is 13.8. The van der Waals surface area contributed by atoms with Gasteiger partial charge >= 0.3 is 0 Å². The van der Waals surface area contributed by atoms with Gasteiger partial charge in [0.15, 0.2) is 11.6 Å². The lowest BCUT2D eigenvalue weighted by Gasteiger charge is -2.35. The van der Waals surface area contributed by atoms with E-state index in [1.54, 1.807) is 11.0 Å². The fourth-order valence-corrected chi connectivity index (χ4v) is 2.90. The Morgan fingerprint density at radius 3 is 2.08 bits per heavy atom. The SMILES string of the molecule is COc1ccc(C(=O)N2CCN(C(=O)c3ccccc3F)CC2)cc1F. The minimum Gasteiger partial charge on any atom is -0.494 e. The molecule has 0 unspecified atom stereocenters. The molecule has 1 fully saturated rings. The molecule has 0 bridgehead atoms. The monoisotopic (exact) mass is 360 g/mol. The van der Waals surface area contributed by atoms with Crippen LogP contribution < -0.4 is 4.74 Å². The van der Waals surface area contributed by atoms with E-state index in [0.717, 1.165) is 6.07 Å². The number of methoxy groups -OCH3 is 1. The van der Waals surface area contributed by atoms with Gasteiger partial charge in [-0.2, -0.15) is 0 Å². The van der Waals surface area contributed by atoms with Crippen molar-refractivity contribution in [1.82, 2.24) is 9.80 Å². The molecule has 3 rings (SSSR count). The molecular formula is C19H18F2N2O3. The van der Waals surface area contributed by atoms with Gasteiger partial charge in [0.2, 0.25) is 0 Å². The van der Waals surface area contributed by atoms with Gasteiger partial charge in [-0.25, -0.2) is 8.78 Å². The number of hydrogen-bond acceptors (Lipinski definition) is 3. The van der Waals surface area contributed by atoms with Gasteiger partial charge in [-0.3, -0.25) is 9.59 Å². The van der Waals surface area contributed by atoms with E-state index in [1.165, 1.54) is 42.3 Å². The lowest BCUT2D eigenvalue weighted by atomic mass is 10.1. The maximum Gasteiger partial charge on any atom is 0.256 e. The molecule has 0 saturated carbocycles. The molecule has 0 N–H and O–H groups in total. The largest absolute Gasteiger partial charge is 0.494 e. The Morgan fingerprint density at radius 2 is 1.50 bits per heavy atom. The lowest BCUT2D eigenvalue weighted by Crippen LogP contribution is -2.50. The molecule has 0 aromatic heterocycles. The summed E-state index contributed by atoms with van der Waals surface area (Å²) in [4.78, 5) is 28.0. The normalized spacial score (nSPS) is 14.3. The van der Waals surface area contributed by atoms with Crippen molar-refractivity contribution in [3.63, 3.8) is 0 Å².